The zero-order valence-electron chi connectivity index (χ0n) is 13.7. The van der Waals surface area contributed by atoms with Gasteiger partial charge < -0.3 is 5.99 Å². The van der Waals surface area contributed by atoms with Crippen LogP contribution in [0.5, 0.6) is 0 Å². The van der Waals surface area contributed by atoms with Gasteiger partial charge in [0, 0.05) is 29.2 Å². The van der Waals surface area contributed by atoms with Crippen LogP contribution in [0.2, 0.25) is 5.02 Å². The Bertz CT molecular complexity index is 870. The van der Waals surface area contributed by atoms with E-state index in [1.807, 2.05) is 49.1 Å². The second-order valence-electron chi connectivity index (χ2n) is 4.83. The molecule has 0 radical (unpaired) electrons. The molecule has 0 aliphatic carbocycles. The molecule has 0 amide bonds. The smallest absolute Gasteiger partial charge is 1.00 e. The van der Waals surface area contributed by atoms with E-state index in [4.69, 9.17) is 11.6 Å². The minimum absolute atomic E-state index is 0. The average molecular weight is 340 g/mol. The van der Waals surface area contributed by atoms with Gasteiger partial charge >= 0.3 is 51.4 Å². The minimum Gasteiger partial charge on any atom is -1.00 e. The van der Waals surface area contributed by atoms with Gasteiger partial charge in [0.2, 0.25) is 0 Å². The first-order valence-corrected chi connectivity index (χ1v) is 6.92. The molecule has 2 aromatic heterocycles. The molecule has 0 bridgehead atoms. The maximum absolute atomic E-state index is 10.6. The molecular formula is C16H15ClKN3O. The standard InChI is InChI=1S/C16H14ClN3O.K.H/c1-11-14(4-3-9-21)16(19(2)18-11)20-8-7-12-10-13(17)5-6-15(12)20;;/h3-10H,1-2H3;;/q;+1;-1/b4-3+;;. The Balaban J connectivity index is 0.00000132. The third-order valence-corrected chi connectivity index (χ3v) is 3.69. The number of aldehydes is 1. The van der Waals surface area contributed by atoms with E-state index in [-0.39, 0.29) is 52.8 Å². The summed E-state index contributed by atoms with van der Waals surface area (Å²) < 4.78 is 3.87. The predicted molar refractivity (Wildman–Crippen MR) is 86.0 cm³/mol. The molecule has 0 aliphatic heterocycles. The first kappa shape index (κ1) is 17.7. The van der Waals surface area contributed by atoms with E-state index in [0.717, 1.165) is 34.3 Å². The SMILES string of the molecule is Cc1nn(C)c(-n2ccc3cc(Cl)ccc32)c1/C=C/C=O.[H-].[K+]. The Morgan fingerprint density at radius 3 is 2.82 bits per heavy atom. The minimum atomic E-state index is 0. The molecule has 4 nitrogen and oxygen atoms in total. The van der Waals surface area contributed by atoms with Gasteiger partial charge in [-0.2, -0.15) is 5.10 Å². The summed E-state index contributed by atoms with van der Waals surface area (Å²) in [5.41, 5.74) is 2.85. The molecule has 3 aromatic rings. The van der Waals surface area contributed by atoms with Crippen LogP contribution in [0, 0.1) is 6.92 Å². The Morgan fingerprint density at radius 1 is 1.32 bits per heavy atom. The Hall–Kier alpha value is -0.694. The van der Waals surface area contributed by atoms with Crippen LogP contribution in [-0.4, -0.2) is 20.6 Å². The molecule has 22 heavy (non-hydrogen) atoms. The van der Waals surface area contributed by atoms with Crippen molar-refractivity contribution in [3.63, 3.8) is 0 Å². The summed E-state index contributed by atoms with van der Waals surface area (Å²) in [6, 6.07) is 7.78. The maximum Gasteiger partial charge on any atom is 1.00 e. The van der Waals surface area contributed by atoms with Gasteiger partial charge in [0.15, 0.2) is 0 Å². The second-order valence-corrected chi connectivity index (χ2v) is 5.27. The molecule has 2 heterocycles. The largest absolute Gasteiger partial charge is 1.00 e. The summed E-state index contributed by atoms with van der Waals surface area (Å²) in [6.07, 6.45) is 6.02. The van der Waals surface area contributed by atoms with E-state index in [1.165, 1.54) is 6.08 Å². The van der Waals surface area contributed by atoms with Crippen molar-refractivity contribution in [2.45, 2.75) is 6.92 Å². The Labute approximate surface area is 177 Å². The fraction of sp³-hybridized carbons (Fsp3) is 0.125. The number of allylic oxidation sites excluding steroid dienone is 1. The van der Waals surface area contributed by atoms with Gasteiger partial charge in [0.05, 0.1) is 11.2 Å². The van der Waals surface area contributed by atoms with Crippen molar-refractivity contribution in [1.82, 2.24) is 14.3 Å². The Morgan fingerprint density at radius 2 is 2.09 bits per heavy atom. The van der Waals surface area contributed by atoms with Crippen LogP contribution in [0.25, 0.3) is 22.8 Å². The van der Waals surface area contributed by atoms with Gasteiger partial charge in [0.25, 0.3) is 0 Å². The monoisotopic (exact) mass is 339 g/mol. The van der Waals surface area contributed by atoms with Gasteiger partial charge in [-0.05, 0) is 43.3 Å². The van der Waals surface area contributed by atoms with Gasteiger partial charge in [-0.15, -0.1) is 0 Å². The number of halogens is 1. The molecule has 0 spiro atoms. The molecule has 1 aromatic carbocycles. The molecule has 0 fully saturated rings. The maximum atomic E-state index is 10.6. The van der Waals surface area contributed by atoms with Gasteiger partial charge in [-0.3, -0.25) is 9.48 Å². The van der Waals surface area contributed by atoms with Crippen molar-refractivity contribution in [3.8, 4) is 5.82 Å². The molecular weight excluding hydrogens is 325 g/mol. The number of hydrogen-bond donors (Lipinski definition) is 0. The van der Waals surface area contributed by atoms with Crippen LogP contribution in [0.4, 0.5) is 0 Å². The van der Waals surface area contributed by atoms with Crippen molar-refractivity contribution in [1.29, 1.82) is 0 Å². The Kier molecular flexibility index (Phi) is 5.82. The second kappa shape index (κ2) is 7.25. The number of aryl methyl sites for hydroxylation is 2. The van der Waals surface area contributed by atoms with E-state index in [2.05, 4.69) is 9.67 Å². The summed E-state index contributed by atoms with van der Waals surface area (Å²) in [5.74, 6) is 0.919. The van der Waals surface area contributed by atoms with E-state index in [1.54, 1.807) is 6.08 Å². The number of rotatable bonds is 3. The summed E-state index contributed by atoms with van der Waals surface area (Å²) in [4.78, 5) is 10.6. The predicted octanol–water partition coefficient (Wildman–Crippen LogP) is 0.654. The van der Waals surface area contributed by atoms with Gasteiger partial charge in [-0.25, -0.2) is 0 Å². The van der Waals surface area contributed by atoms with Crippen LogP contribution in [-0.2, 0) is 11.8 Å². The van der Waals surface area contributed by atoms with Crippen LogP contribution >= 0.6 is 11.6 Å². The zero-order chi connectivity index (χ0) is 15.0. The van der Waals surface area contributed by atoms with Crippen molar-refractivity contribution < 1.29 is 57.6 Å². The molecule has 0 saturated heterocycles. The van der Waals surface area contributed by atoms with Gasteiger partial charge in [-0.1, -0.05) is 11.6 Å². The fourth-order valence-electron chi connectivity index (χ4n) is 2.58. The zero-order valence-corrected chi connectivity index (χ0v) is 16.6. The van der Waals surface area contributed by atoms with Crippen molar-refractivity contribution in [3.05, 3.63) is 52.8 Å². The first-order chi connectivity index (χ1) is 10.1. The summed E-state index contributed by atoms with van der Waals surface area (Å²) in [6.45, 7) is 1.93. The van der Waals surface area contributed by atoms with Crippen LogP contribution in [0.15, 0.2) is 36.5 Å². The molecule has 0 unspecified atom stereocenters. The number of nitrogens with zero attached hydrogens (tertiary/aromatic N) is 3. The molecule has 0 aliphatic rings. The summed E-state index contributed by atoms with van der Waals surface area (Å²) in [5, 5.41) is 6.22. The summed E-state index contributed by atoms with van der Waals surface area (Å²) >= 11 is 6.03. The van der Waals surface area contributed by atoms with E-state index < -0.39 is 0 Å². The van der Waals surface area contributed by atoms with Crippen molar-refractivity contribution in [2.75, 3.05) is 0 Å². The topological polar surface area (TPSA) is 39.8 Å². The van der Waals surface area contributed by atoms with E-state index in [0.29, 0.717) is 5.02 Å². The summed E-state index contributed by atoms with van der Waals surface area (Å²) in [7, 11) is 1.89. The normalized spacial score (nSPS) is 11.0. The first-order valence-electron chi connectivity index (χ1n) is 6.54. The van der Waals surface area contributed by atoms with Crippen molar-refractivity contribution in [2.24, 2.45) is 7.05 Å². The number of aromatic nitrogens is 3. The van der Waals surface area contributed by atoms with Crippen molar-refractivity contribution >= 4 is 34.9 Å². The fourth-order valence-corrected chi connectivity index (χ4v) is 2.76. The van der Waals surface area contributed by atoms with E-state index >= 15 is 0 Å². The molecule has 6 heteroatoms. The molecule has 0 atom stereocenters. The van der Waals surface area contributed by atoms with Crippen LogP contribution in [0.1, 0.15) is 12.7 Å². The number of fused-ring (bicyclic) bond motifs is 1. The number of benzene rings is 1. The molecule has 108 valence electrons. The third kappa shape index (κ3) is 3.15. The number of hydrogen-bond acceptors (Lipinski definition) is 2. The van der Waals surface area contributed by atoms with E-state index in [9.17, 15) is 4.79 Å². The molecule has 0 N–H and O–H groups in total. The molecule has 0 saturated carbocycles. The number of carbonyl (C=O) groups excluding carboxylic acids is 1. The van der Waals surface area contributed by atoms with Crippen LogP contribution in [0.3, 0.4) is 0 Å². The number of carbonyl (C=O) groups is 1. The third-order valence-electron chi connectivity index (χ3n) is 3.46. The van der Waals surface area contributed by atoms with Gasteiger partial charge in [0.1, 0.15) is 12.1 Å². The van der Waals surface area contributed by atoms with Crippen LogP contribution < -0.4 is 51.4 Å². The average Bonchev–Trinajstić information content (AvgIpc) is 2.96. The molecule has 3 rings (SSSR count). The quantitative estimate of drug-likeness (QED) is 0.399.